The van der Waals surface area contributed by atoms with Crippen LogP contribution in [0, 0.1) is 0 Å². The molecule has 0 radical (unpaired) electrons. The first-order valence-corrected chi connectivity index (χ1v) is 6.06. The Bertz CT molecular complexity index is 312. The van der Waals surface area contributed by atoms with E-state index in [0.717, 1.165) is 25.2 Å². The number of aromatic amines is 1. The molecule has 6 nitrogen and oxygen atoms in total. The van der Waals surface area contributed by atoms with Crippen molar-refractivity contribution in [2.45, 2.75) is 39.2 Å². The van der Waals surface area contributed by atoms with Crippen molar-refractivity contribution in [3.05, 3.63) is 12.2 Å². The van der Waals surface area contributed by atoms with Crippen LogP contribution in [0.4, 0.5) is 0 Å². The number of hydrogen-bond acceptors (Lipinski definition) is 4. The first-order chi connectivity index (χ1) is 8.22. The van der Waals surface area contributed by atoms with Crippen LogP contribution in [0.15, 0.2) is 6.33 Å². The summed E-state index contributed by atoms with van der Waals surface area (Å²) in [7, 11) is 0. The van der Waals surface area contributed by atoms with Crippen LogP contribution >= 0.6 is 0 Å². The fourth-order valence-corrected chi connectivity index (χ4v) is 1.61. The van der Waals surface area contributed by atoms with Crippen LogP contribution < -0.4 is 10.6 Å². The first kappa shape index (κ1) is 13.6. The van der Waals surface area contributed by atoms with Crippen LogP contribution in [0.1, 0.15) is 32.5 Å². The average Bonchev–Trinajstić information content (AvgIpc) is 2.77. The molecule has 17 heavy (non-hydrogen) atoms. The standard InChI is InChI=1S/C11H21N5O/c1-3-12-9(2)7-11(17)13-6-4-5-10-14-8-15-16-10/h8-9,12H,3-7H2,1-2H3,(H,13,17)(H,14,15,16). The summed E-state index contributed by atoms with van der Waals surface area (Å²) in [4.78, 5) is 15.5. The van der Waals surface area contributed by atoms with Gasteiger partial charge >= 0.3 is 0 Å². The fraction of sp³-hybridized carbons (Fsp3) is 0.727. The summed E-state index contributed by atoms with van der Waals surface area (Å²) in [5, 5.41) is 12.7. The Labute approximate surface area is 102 Å². The second kappa shape index (κ2) is 7.78. The van der Waals surface area contributed by atoms with E-state index >= 15 is 0 Å². The summed E-state index contributed by atoms with van der Waals surface area (Å²) in [5.74, 6) is 0.955. The molecule has 1 aromatic rings. The Hall–Kier alpha value is -1.43. The summed E-state index contributed by atoms with van der Waals surface area (Å²) in [6, 6.07) is 0.231. The third-order valence-corrected chi connectivity index (χ3v) is 2.42. The predicted molar refractivity (Wildman–Crippen MR) is 65.5 cm³/mol. The molecule has 96 valence electrons. The Balaban J connectivity index is 2.04. The molecule has 6 heteroatoms. The molecule has 0 aromatic carbocycles. The molecule has 0 aliphatic heterocycles. The first-order valence-electron chi connectivity index (χ1n) is 6.06. The highest BCUT2D eigenvalue weighted by Crippen LogP contribution is 1.93. The maximum Gasteiger partial charge on any atom is 0.221 e. The van der Waals surface area contributed by atoms with E-state index in [1.54, 1.807) is 0 Å². The van der Waals surface area contributed by atoms with E-state index in [-0.39, 0.29) is 11.9 Å². The van der Waals surface area contributed by atoms with Crippen molar-refractivity contribution < 1.29 is 4.79 Å². The summed E-state index contributed by atoms with van der Waals surface area (Å²) in [6.45, 7) is 5.61. The van der Waals surface area contributed by atoms with E-state index < -0.39 is 0 Å². The monoisotopic (exact) mass is 239 g/mol. The second-order valence-electron chi connectivity index (χ2n) is 4.05. The number of rotatable bonds is 8. The van der Waals surface area contributed by atoms with Crippen LogP contribution in [0.3, 0.4) is 0 Å². The molecule has 0 aliphatic carbocycles. The zero-order valence-electron chi connectivity index (χ0n) is 10.5. The third-order valence-electron chi connectivity index (χ3n) is 2.42. The van der Waals surface area contributed by atoms with Gasteiger partial charge in [0.25, 0.3) is 0 Å². The van der Waals surface area contributed by atoms with E-state index in [1.807, 2.05) is 13.8 Å². The summed E-state index contributed by atoms with van der Waals surface area (Å²) in [6.07, 6.45) is 3.70. The molecule has 0 bridgehead atoms. The van der Waals surface area contributed by atoms with Gasteiger partial charge in [-0.1, -0.05) is 6.92 Å². The van der Waals surface area contributed by atoms with E-state index in [1.165, 1.54) is 6.33 Å². The van der Waals surface area contributed by atoms with E-state index in [4.69, 9.17) is 0 Å². The lowest BCUT2D eigenvalue weighted by Crippen LogP contribution is -2.34. The van der Waals surface area contributed by atoms with Crippen molar-refractivity contribution in [3.8, 4) is 0 Å². The number of hydrogen-bond donors (Lipinski definition) is 3. The van der Waals surface area contributed by atoms with Crippen molar-refractivity contribution in [1.29, 1.82) is 0 Å². The number of aryl methyl sites for hydroxylation is 1. The quantitative estimate of drug-likeness (QED) is 0.568. The normalized spacial score (nSPS) is 12.4. The number of nitrogens with zero attached hydrogens (tertiary/aromatic N) is 2. The highest BCUT2D eigenvalue weighted by Gasteiger charge is 2.06. The van der Waals surface area contributed by atoms with Crippen LogP contribution in [0.2, 0.25) is 0 Å². The molecule has 1 aromatic heterocycles. The zero-order valence-corrected chi connectivity index (χ0v) is 10.5. The van der Waals surface area contributed by atoms with Crippen molar-refractivity contribution in [1.82, 2.24) is 25.8 Å². The highest BCUT2D eigenvalue weighted by atomic mass is 16.1. The Morgan fingerprint density at radius 2 is 2.41 bits per heavy atom. The van der Waals surface area contributed by atoms with Gasteiger partial charge in [-0.3, -0.25) is 9.89 Å². The van der Waals surface area contributed by atoms with Crippen molar-refractivity contribution >= 4 is 5.91 Å². The van der Waals surface area contributed by atoms with Crippen LogP contribution in [0.5, 0.6) is 0 Å². The lowest BCUT2D eigenvalue weighted by atomic mass is 10.2. The van der Waals surface area contributed by atoms with Crippen LogP contribution in [-0.4, -0.2) is 40.2 Å². The predicted octanol–water partition coefficient (Wildman–Crippen LogP) is 0.242. The topological polar surface area (TPSA) is 82.7 Å². The third kappa shape index (κ3) is 6.01. The van der Waals surface area contributed by atoms with Crippen LogP contribution in [0.25, 0.3) is 0 Å². The maximum atomic E-state index is 11.5. The zero-order chi connectivity index (χ0) is 12.5. The number of H-pyrrole nitrogens is 1. The largest absolute Gasteiger partial charge is 0.356 e. The SMILES string of the molecule is CCNC(C)CC(=O)NCCCc1ncn[nH]1. The molecule has 1 atom stereocenters. The van der Waals surface area contributed by atoms with Crippen molar-refractivity contribution in [2.24, 2.45) is 0 Å². The molecular weight excluding hydrogens is 218 g/mol. The minimum absolute atomic E-state index is 0.0935. The smallest absolute Gasteiger partial charge is 0.221 e. The van der Waals surface area contributed by atoms with Gasteiger partial charge in [0.05, 0.1) is 0 Å². The number of amides is 1. The molecule has 0 saturated heterocycles. The molecule has 3 N–H and O–H groups in total. The molecule has 1 rings (SSSR count). The van der Waals surface area contributed by atoms with Crippen LogP contribution in [-0.2, 0) is 11.2 Å². The lowest BCUT2D eigenvalue weighted by molar-refractivity contribution is -0.121. The number of aromatic nitrogens is 3. The Morgan fingerprint density at radius 1 is 1.59 bits per heavy atom. The van der Waals surface area contributed by atoms with Gasteiger partial charge in [-0.2, -0.15) is 5.10 Å². The van der Waals surface area contributed by atoms with Gasteiger partial charge < -0.3 is 10.6 Å². The fourth-order valence-electron chi connectivity index (χ4n) is 1.61. The minimum atomic E-state index is 0.0935. The van der Waals surface area contributed by atoms with E-state index in [9.17, 15) is 4.79 Å². The number of carbonyl (C=O) groups is 1. The highest BCUT2D eigenvalue weighted by molar-refractivity contribution is 5.76. The van der Waals surface area contributed by atoms with Gasteiger partial charge in [0.15, 0.2) is 0 Å². The number of nitrogens with one attached hydrogen (secondary N) is 3. The van der Waals surface area contributed by atoms with E-state index in [0.29, 0.717) is 13.0 Å². The van der Waals surface area contributed by atoms with Gasteiger partial charge in [-0.15, -0.1) is 0 Å². The Kier molecular flexibility index (Phi) is 6.24. The van der Waals surface area contributed by atoms with Crippen molar-refractivity contribution in [3.63, 3.8) is 0 Å². The molecule has 1 unspecified atom stereocenters. The molecule has 0 fully saturated rings. The minimum Gasteiger partial charge on any atom is -0.356 e. The molecule has 0 saturated carbocycles. The van der Waals surface area contributed by atoms with Crippen molar-refractivity contribution in [2.75, 3.05) is 13.1 Å². The van der Waals surface area contributed by atoms with Gasteiger partial charge in [0.2, 0.25) is 5.91 Å². The van der Waals surface area contributed by atoms with Gasteiger partial charge in [-0.05, 0) is 19.9 Å². The molecule has 0 spiro atoms. The van der Waals surface area contributed by atoms with Gasteiger partial charge in [0, 0.05) is 25.4 Å². The second-order valence-corrected chi connectivity index (χ2v) is 4.05. The Morgan fingerprint density at radius 3 is 3.06 bits per heavy atom. The lowest BCUT2D eigenvalue weighted by Gasteiger charge is -2.11. The van der Waals surface area contributed by atoms with Gasteiger partial charge in [0.1, 0.15) is 12.2 Å². The maximum absolute atomic E-state index is 11.5. The summed E-state index contributed by atoms with van der Waals surface area (Å²) < 4.78 is 0. The summed E-state index contributed by atoms with van der Waals surface area (Å²) in [5.41, 5.74) is 0. The molecule has 1 heterocycles. The summed E-state index contributed by atoms with van der Waals surface area (Å²) >= 11 is 0. The van der Waals surface area contributed by atoms with Gasteiger partial charge in [-0.25, -0.2) is 4.98 Å². The average molecular weight is 239 g/mol. The molecule has 1 amide bonds. The number of carbonyl (C=O) groups excluding carboxylic acids is 1. The van der Waals surface area contributed by atoms with E-state index in [2.05, 4.69) is 25.8 Å². The molecule has 0 aliphatic rings. The molecular formula is C11H21N5O.